The van der Waals surface area contributed by atoms with Crippen LogP contribution in [-0.4, -0.2) is 61.3 Å². The highest BCUT2D eigenvalue weighted by Gasteiger charge is 2.23. The molecule has 0 saturated carbocycles. The summed E-state index contributed by atoms with van der Waals surface area (Å²) >= 11 is 0. The lowest BCUT2D eigenvalue weighted by molar-refractivity contribution is 0.0963. The lowest BCUT2D eigenvalue weighted by Crippen LogP contribution is -2.48. The molecule has 0 aromatic heterocycles. The minimum absolute atomic E-state index is 0.0949. The zero-order valence-electron chi connectivity index (χ0n) is 14.3. The monoisotopic (exact) mass is 313 g/mol. The Morgan fingerprint density at radius 1 is 1.36 bits per heavy atom. The second kappa shape index (κ2) is 8.82. The largest absolute Gasteiger partial charge is 0.450 e. The third-order valence-corrected chi connectivity index (χ3v) is 3.42. The lowest BCUT2D eigenvalue weighted by Gasteiger charge is -2.31. The molecule has 0 atom stereocenters. The number of aliphatic imine (C=N–C) groups is 1. The predicted octanol–water partition coefficient (Wildman–Crippen LogP) is 0.900. The van der Waals surface area contributed by atoms with Crippen molar-refractivity contribution in [2.24, 2.45) is 10.7 Å². The average molecular weight is 313 g/mol. The Morgan fingerprint density at radius 2 is 2.00 bits per heavy atom. The molecule has 1 saturated heterocycles. The van der Waals surface area contributed by atoms with Crippen LogP contribution in [0.25, 0.3) is 0 Å². The van der Waals surface area contributed by atoms with E-state index < -0.39 is 0 Å². The first kappa shape index (κ1) is 18.5. The van der Waals surface area contributed by atoms with Crippen LogP contribution in [-0.2, 0) is 4.74 Å². The number of amides is 1. The van der Waals surface area contributed by atoms with Gasteiger partial charge in [0.1, 0.15) is 0 Å². The van der Waals surface area contributed by atoms with Crippen molar-refractivity contribution < 1.29 is 9.53 Å². The van der Waals surface area contributed by atoms with Gasteiger partial charge in [-0.25, -0.2) is 4.79 Å². The molecule has 22 heavy (non-hydrogen) atoms. The van der Waals surface area contributed by atoms with E-state index in [0.717, 1.165) is 19.4 Å². The smallest absolute Gasteiger partial charge is 0.409 e. The van der Waals surface area contributed by atoms with Crippen LogP contribution in [0.3, 0.4) is 0 Å². The number of piperidine rings is 1. The van der Waals surface area contributed by atoms with Gasteiger partial charge in [-0.1, -0.05) is 0 Å². The van der Waals surface area contributed by atoms with E-state index in [9.17, 15) is 4.79 Å². The predicted molar refractivity (Wildman–Crippen MR) is 89.0 cm³/mol. The van der Waals surface area contributed by atoms with Crippen molar-refractivity contribution in [3.8, 4) is 0 Å². The first-order valence-corrected chi connectivity index (χ1v) is 8.05. The number of rotatable bonds is 5. The van der Waals surface area contributed by atoms with E-state index in [1.165, 1.54) is 0 Å². The molecule has 0 aliphatic carbocycles. The van der Waals surface area contributed by atoms with E-state index in [1.807, 2.05) is 6.92 Å². The quantitative estimate of drug-likeness (QED) is 0.398. The molecule has 0 spiro atoms. The van der Waals surface area contributed by atoms with E-state index in [2.05, 4.69) is 36.4 Å². The highest BCUT2D eigenvalue weighted by Crippen LogP contribution is 2.11. The van der Waals surface area contributed by atoms with Gasteiger partial charge in [0.25, 0.3) is 0 Å². The third kappa shape index (κ3) is 7.49. The zero-order chi connectivity index (χ0) is 16.6. The molecule has 0 radical (unpaired) electrons. The van der Waals surface area contributed by atoms with E-state index in [0.29, 0.717) is 32.2 Å². The van der Waals surface area contributed by atoms with Crippen LogP contribution in [0.1, 0.15) is 40.5 Å². The Morgan fingerprint density at radius 3 is 2.55 bits per heavy atom. The molecular weight excluding hydrogens is 282 g/mol. The van der Waals surface area contributed by atoms with Crippen LogP contribution in [0.2, 0.25) is 0 Å². The van der Waals surface area contributed by atoms with Gasteiger partial charge in [0.2, 0.25) is 0 Å². The van der Waals surface area contributed by atoms with Crippen LogP contribution in [0.5, 0.6) is 0 Å². The Hall–Kier alpha value is -1.50. The molecule has 0 bridgehead atoms. The Labute approximate surface area is 133 Å². The summed E-state index contributed by atoms with van der Waals surface area (Å²) in [5, 5.41) is 6.59. The SMILES string of the molecule is CCOC(=O)N1CCC(NC(N)=NCCNC(C)(C)C)CC1. The molecule has 7 heteroatoms. The molecule has 4 N–H and O–H groups in total. The maximum atomic E-state index is 11.6. The molecule has 1 aliphatic heterocycles. The lowest BCUT2D eigenvalue weighted by atomic mass is 10.1. The molecule has 0 aromatic carbocycles. The van der Waals surface area contributed by atoms with Gasteiger partial charge in [-0.2, -0.15) is 0 Å². The molecule has 0 unspecified atom stereocenters. The average Bonchev–Trinajstić information content (AvgIpc) is 2.44. The number of likely N-dealkylation sites (tertiary alicyclic amines) is 1. The van der Waals surface area contributed by atoms with Gasteiger partial charge in [-0.05, 0) is 40.5 Å². The molecule has 1 amide bonds. The molecule has 1 rings (SSSR count). The van der Waals surface area contributed by atoms with Crippen LogP contribution in [0, 0.1) is 0 Å². The fourth-order valence-electron chi connectivity index (χ4n) is 2.28. The second-order valence-corrected chi connectivity index (χ2v) is 6.55. The fraction of sp³-hybridized carbons (Fsp3) is 0.867. The first-order chi connectivity index (χ1) is 10.3. The summed E-state index contributed by atoms with van der Waals surface area (Å²) in [5.74, 6) is 0.477. The van der Waals surface area contributed by atoms with Crippen molar-refractivity contribution >= 4 is 12.1 Å². The van der Waals surface area contributed by atoms with Gasteiger partial charge in [-0.3, -0.25) is 4.99 Å². The third-order valence-electron chi connectivity index (χ3n) is 3.42. The van der Waals surface area contributed by atoms with Gasteiger partial charge < -0.3 is 26.0 Å². The summed E-state index contributed by atoms with van der Waals surface area (Å²) < 4.78 is 5.00. The maximum Gasteiger partial charge on any atom is 0.409 e. The number of nitrogens with two attached hydrogens (primary N) is 1. The first-order valence-electron chi connectivity index (χ1n) is 8.05. The van der Waals surface area contributed by atoms with Crippen LogP contribution < -0.4 is 16.4 Å². The molecular formula is C15H31N5O2. The second-order valence-electron chi connectivity index (χ2n) is 6.55. The number of hydrogen-bond donors (Lipinski definition) is 3. The summed E-state index contributed by atoms with van der Waals surface area (Å²) in [6.07, 6.45) is 1.49. The van der Waals surface area contributed by atoms with Crippen molar-refractivity contribution in [3.63, 3.8) is 0 Å². The Balaban J connectivity index is 2.24. The van der Waals surface area contributed by atoms with Gasteiger partial charge in [-0.15, -0.1) is 0 Å². The molecule has 1 aliphatic rings. The highest BCUT2D eigenvalue weighted by atomic mass is 16.6. The van der Waals surface area contributed by atoms with E-state index in [1.54, 1.807) is 4.90 Å². The number of carbonyl (C=O) groups is 1. The standard InChI is InChI=1S/C15H31N5O2/c1-5-22-14(21)20-10-6-12(7-11-20)19-13(16)17-8-9-18-15(2,3)4/h12,18H,5-11H2,1-4H3,(H3,16,17,19). The Bertz CT molecular complexity index is 371. The van der Waals surface area contributed by atoms with E-state index >= 15 is 0 Å². The zero-order valence-corrected chi connectivity index (χ0v) is 14.3. The summed E-state index contributed by atoms with van der Waals surface area (Å²) in [7, 11) is 0. The maximum absolute atomic E-state index is 11.6. The number of guanidine groups is 1. The summed E-state index contributed by atoms with van der Waals surface area (Å²) in [5.41, 5.74) is 6.00. The summed E-state index contributed by atoms with van der Waals surface area (Å²) in [6, 6.07) is 0.269. The minimum Gasteiger partial charge on any atom is -0.450 e. The molecule has 1 heterocycles. The van der Waals surface area contributed by atoms with Gasteiger partial charge in [0.05, 0.1) is 13.2 Å². The van der Waals surface area contributed by atoms with Crippen molar-refractivity contribution in [2.45, 2.75) is 52.1 Å². The van der Waals surface area contributed by atoms with Crippen LogP contribution in [0.15, 0.2) is 4.99 Å². The van der Waals surface area contributed by atoms with E-state index in [4.69, 9.17) is 10.5 Å². The normalized spacial score (nSPS) is 17.5. The minimum atomic E-state index is -0.226. The van der Waals surface area contributed by atoms with Crippen LogP contribution in [0.4, 0.5) is 4.79 Å². The number of nitrogens with zero attached hydrogens (tertiary/aromatic N) is 2. The Kier molecular flexibility index (Phi) is 7.44. The topological polar surface area (TPSA) is 92.0 Å². The van der Waals surface area contributed by atoms with Gasteiger partial charge in [0.15, 0.2) is 5.96 Å². The number of ether oxygens (including phenoxy) is 1. The van der Waals surface area contributed by atoms with Gasteiger partial charge in [0, 0.05) is 31.2 Å². The van der Waals surface area contributed by atoms with Crippen LogP contribution >= 0.6 is 0 Å². The van der Waals surface area contributed by atoms with Crippen molar-refractivity contribution in [1.82, 2.24) is 15.5 Å². The molecule has 128 valence electrons. The summed E-state index contributed by atoms with van der Waals surface area (Å²) in [6.45, 7) is 11.4. The number of hydrogen-bond acceptors (Lipinski definition) is 4. The number of nitrogens with one attached hydrogen (secondary N) is 2. The molecule has 7 nitrogen and oxygen atoms in total. The molecule has 0 aromatic rings. The fourth-order valence-corrected chi connectivity index (χ4v) is 2.28. The van der Waals surface area contributed by atoms with Crippen molar-refractivity contribution in [1.29, 1.82) is 0 Å². The molecule has 1 fully saturated rings. The number of carbonyl (C=O) groups excluding carboxylic acids is 1. The highest BCUT2D eigenvalue weighted by molar-refractivity contribution is 5.78. The van der Waals surface area contributed by atoms with Gasteiger partial charge >= 0.3 is 6.09 Å². The van der Waals surface area contributed by atoms with Crippen molar-refractivity contribution in [3.05, 3.63) is 0 Å². The van der Waals surface area contributed by atoms with Crippen molar-refractivity contribution in [2.75, 3.05) is 32.8 Å². The summed E-state index contributed by atoms with van der Waals surface area (Å²) in [4.78, 5) is 17.7. The van der Waals surface area contributed by atoms with E-state index in [-0.39, 0.29) is 17.7 Å².